The highest BCUT2D eigenvalue weighted by Crippen LogP contribution is 2.36. The van der Waals surface area contributed by atoms with Gasteiger partial charge in [-0.3, -0.25) is 14.7 Å². The van der Waals surface area contributed by atoms with E-state index in [1.807, 2.05) is 6.92 Å². The van der Waals surface area contributed by atoms with Crippen molar-refractivity contribution in [2.45, 2.75) is 29.4 Å². The Morgan fingerprint density at radius 1 is 1.14 bits per heavy atom. The van der Waals surface area contributed by atoms with Gasteiger partial charge in [0, 0.05) is 18.2 Å². The quantitative estimate of drug-likeness (QED) is 0.540. The number of sulfone groups is 1. The first-order valence-corrected chi connectivity index (χ1v) is 10.5. The standard InChI is InChI=1S/C19H20ClNO6S.FH/c1-13-12-15(4-7-17(13)20)27-14-2-5-16(6-3-14)28(24,25)19(18(22)21-23)8-10-26-11-9-19;/h2-7,12,23H,8-11H2,1H3,(H,21,22);1H. The van der Waals surface area contributed by atoms with Gasteiger partial charge in [0.1, 0.15) is 11.5 Å². The average molecular weight is 446 g/mol. The first-order valence-electron chi connectivity index (χ1n) is 8.61. The normalized spacial score (nSPS) is 15.8. The molecule has 1 saturated heterocycles. The third-order valence-electron chi connectivity index (χ3n) is 4.83. The van der Waals surface area contributed by atoms with Crippen LogP contribution in [0.3, 0.4) is 0 Å². The van der Waals surface area contributed by atoms with Crippen LogP contribution < -0.4 is 10.2 Å². The fourth-order valence-electron chi connectivity index (χ4n) is 3.15. The molecule has 0 saturated carbocycles. The monoisotopic (exact) mass is 445 g/mol. The van der Waals surface area contributed by atoms with Gasteiger partial charge in [0.25, 0.3) is 5.91 Å². The van der Waals surface area contributed by atoms with E-state index >= 15 is 0 Å². The van der Waals surface area contributed by atoms with Crippen LogP contribution in [0, 0.1) is 6.92 Å². The van der Waals surface area contributed by atoms with Gasteiger partial charge in [0.2, 0.25) is 0 Å². The van der Waals surface area contributed by atoms with E-state index in [0.717, 1.165) is 5.56 Å². The number of nitrogens with one attached hydrogen (secondary N) is 1. The van der Waals surface area contributed by atoms with Gasteiger partial charge < -0.3 is 9.47 Å². The zero-order chi connectivity index (χ0) is 20.4. The summed E-state index contributed by atoms with van der Waals surface area (Å²) in [5.41, 5.74) is 2.35. The Bertz CT molecular complexity index is 975. The Kier molecular flexibility index (Phi) is 7.23. The van der Waals surface area contributed by atoms with E-state index in [1.54, 1.807) is 18.2 Å². The van der Waals surface area contributed by atoms with Gasteiger partial charge >= 0.3 is 0 Å². The molecule has 0 atom stereocenters. The van der Waals surface area contributed by atoms with Crippen LogP contribution in [0.2, 0.25) is 5.02 Å². The number of carbonyl (C=O) groups is 1. The smallest absolute Gasteiger partial charge is 0.265 e. The molecule has 2 aromatic carbocycles. The average Bonchev–Trinajstić information content (AvgIpc) is 2.71. The van der Waals surface area contributed by atoms with Crippen LogP contribution in [0.15, 0.2) is 47.4 Å². The van der Waals surface area contributed by atoms with E-state index in [2.05, 4.69) is 0 Å². The Hall–Kier alpha value is -2.20. The lowest BCUT2D eigenvalue weighted by Gasteiger charge is -2.34. The van der Waals surface area contributed by atoms with Crippen molar-refractivity contribution in [1.29, 1.82) is 0 Å². The van der Waals surface area contributed by atoms with E-state index in [1.165, 1.54) is 29.7 Å². The van der Waals surface area contributed by atoms with Crippen LogP contribution in [0.5, 0.6) is 11.5 Å². The summed E-state index contributed by atoms with van der Waals surface area (Å²) in [6.45, 7) is 2.08. The Balaban J connectivity index is 0.00000300. The second-order valence-corrected chi connectivity index (χ2v) is 9.20. The molecule has 0 bridgehead atoms. The molecule has 0 unspecified atom stereocenters. The minimum absolute atomic E-state index is 0. The second-order valence-electron chi connectivity index (χ2n) is 6.54. The maximum atomic E-state index is 13.2. The van der Waals surface area contributed by atoms with Crippen molar-refractivity contribution >= 4 is 27.3 Å². The maximum absolute atomic E-state index is 13.2. The Morgan fingerprint density at radius 2 is 1.72 bits per heavy atom. The van der Waals surface area contributed by atoms with Gasteiger partial charge in [0.05, 0.1) is 4.90 Å². The molecule has 29 heavy (non-hydrogen) atoms. The molecule has 2 aromatic rings. The predicted molar refractivity (Wildman–Crippen MR) is 105 cm³/mol. The number of rotatable bonds is 5. The van der Waals surface area contributed by atoms with Crippen molar-refractivity contribution < 1.29 is 32.6 Å². The minimum Gasteiger partial charge on any atom is -0.457 e. The van der Waals surface area contributed by atoms with Crippen molar-refractivity contribution in [1.82, 2.24) is 5.48 Å². The van der Waals surface area contributed by atoms with Crippen LogP contribution in [0.4, 0.5) is 4.70 Å². The SMILES string of the molecule is Cc1cc(Oc2ccc(S(=O)(=O)C3(C(=O)NO)CCOCC3)cc2)ccc1Cl.F. The number of hydroxylamine groups is 1. The highest BCUT2D eigenvalue weighted by Gasteiger charge is 2.52. The summed E-state index contributed by atoms with van der Waals surface area (Å²) in [4.78, 5) is 12.2. The molecule has 3 rings (SSSR count). The Labute approximate surface area is 172 Å². The van der Waals surface area contributed by atoms with E-state index in [-0.39, 0.29) is 35.7 Å². The number of carbonyl (C=O) groups excluding carboxylic acids is 1. The lowest BCUT2D eigenvalue weighted by atomic mass is 9.98. The summed E-state index contributed by atoms with van der Waals surface area (Å²) in [5.74, 6) is 0.0548. The summed E-state index contributed by atoms with van der Waals surface area (Å²) in [6.07, 6.45) is -0.0753. The van der Waals surface area contributed by atoms with Gasteiger partial charge in [0.15, 0.2) is 14.6 Å². The third kappa shape index (κ3) is 4.37. The van der Waals surface area contributed by atoms with Gasteiger partial charge in [-0.2, -0.15) is 0 Å². The van der Waals surface area contributed by atoms with Crippen LogP contribution >= 0.6 is 11.6 Å². The molecule has 1 fully saturated rings. The molecule has 158 valence electrons. The maximum Gasteiger partial charge on any atom is 0.265 e. The van der Waals surface area contributed by atoms with Gasteiger partial charge in [-0.25, -0.2) is 13.9 Å². The van der Waals surface area contributed by atoms with Crippen molar-refractivity contribution in [2.24, 2.45) is 0 Å². The van der Waals surface area contributed by atoms with Crippen molar-refractivity contribution in [3.05, 3.63) is 53.1 Å². The molecule has 1 heterocycles. The number of hydrogen-bond donors (Lipinski definition) is 2. The van der Waals surface area contributed by atoms with Gasteiger partial charge in [-0.1, -0.05) is 11.6 Å². The lowest BCUT2D eigenvalue weighted by molar-refractivity contribution is -0.134. The molecule has 1 aliphatic heterocycles. The molecule has 7 nitrogen and oxygen atoms in total. The van der Waals surface area contributed by atoms with Gasteiger partial charge in [-0.15, -0.1) is 0 Å². The van der Waals surface area contributed by atoms with Crippen LogP contribution in [-0.4, -0.2) is 37.5 Å². The number of ether oxygens (including phenoxy) is 2. The molecule has 0 aromatic heterocycles. The molecule has 2 N–H and O–H groups in total. The number of amides is 1. The van der Waals surface area contributed by atoms with Crippen LogP contribution in [0.1, 0.15) is 18.4 Å². The summed E-state index contributed by atoms with van der Waals surface area (Å²) in [6, 6.07) is 11.0. The summed E-state index contributed by atoms with van der Waals surface area (Å²) < 4.78 is 35.5. The van der Waals surface area contributed by atoms with Crippen molar-refractivity contribution in [3.63, 3.8) is 0 Å². The number of halogens is 2. The molecular formula is C19H21ClFNO6S. The minimum atomic E-state index is -4.06. The zero-order valence-electron chi connectivity index (χ0n) is 15.6. The summed E-state index contributed by atoms with van der Waals surface area (Å²) in [7, 11) is -4.06. The third-order valence-corrected chi connectivity index (χ3v) is 7.77. The second kappa shape index (κ2) is 9.08. The van der Waals surface area contributed by atoms with Crippen LogP contribution in [0.25, 0.3) is 0 Å². The first kappa shape index (κ1) is 23.1. The van der Waals surface area contributed by atoms with Gasteiger partial charge in [-0.05, 0) is 67.8 Å². The number of hydrogen-bond acceptors (Lipinski definition) is 6. The highest BCUT2D eigenvalue weighted by molar-refractivity contribution is 7.93. The predicted octanol–water partition coefficient (Wildman–Crippen LogP) is 3.42. The molecule has 0 aliphatic carbocycles. The number of aryl methyl sites for hydroxylation is 1. The zero-order valence-corrected chi connectivity index (χ0v) is 17.1. The molecule has 10 heteroatoms. The van der Waals surface area contributed by atoms with E-state index in [0.29, 0.717) is 16.5 Å². The fraction of sp³-hybridized carbons (Fsp3) is 0.316. The van der Waals surface area contributed by atoms with Crippen molar-refractivity contribution in [3.8, 4) is 11.5 Å². The molecule has 0 radical (unpaired) electrons. The largest absolute Gasteiger partial charge is 0.457 e. The van der Waals surface area contributed by atoms with E-state index in [9.17, 15) is 13.2 Å². The summed E-state index contributed by atoms with van der Waals surface area (Å²) >= 11 is 6.00. The van der Waals surface area contributed by atoms with E-state index < -0.39 is 20.5 Å². The lowest BCUT2D eigenvalue weighted by Crippen LogP contribution is -2.54. The topological polar surface area (TPSA) is 102 Å². The molecule has 1 aliphatic rings. The van der Waals surface area contributed by atoms with Crippen LogP contribution in [-0.2, 0) is 19.4 Å². The molecule has 0 spiro atoms. The summed E-state index contributed by atoms with van der Waals surface area (Å²) in [5, 5.41) is 9.70. The first-order chi connectivity index (χ1) is 13.3. The molecular weight excluding hydrogens is 425 g/mol. The number of benzene rings is 2. The highest BCUT2D eigenvalue weighted by atomic mass is 35.5. The fourth-order valence-corrected chi connectivity index (χ4v) is 5.21. The van der Waals surface area contributed by atoms with E-state index in [4.69, 9.17) is 26.3 Å². The Morgan fingerprint density at radius 3 is 2.28 bits per heavy atom. The molecule has 1 amide bonds. The van der Waals surface area contributed by atoms with Crippen molar-refractivity contribution in [2.75, 3.05) is 13.2 Å².